The van der Waals surface area contributed by atoms with Crippen molar-refractivity contribution in [2.45, 2.75) is 20.4 Å². The van der Waals surface area contributed by atoms with E-state index < -0.39 is 0 Å². The highest BCUT2D eigenvalue weighted by Crippen LogP contribution is 2.32. The van der Waals surface area contributed by atoms with Crippen molar-refractivity contribution in [1.29, 1.82) is 0 Å². The van der Waals surface area contributed by atoms with Crippen LogP contribution in [-0.2, 0) is 6.54 Å². The quantitative estimate of drug-likeness (QED) is 0.459. The first kappa shape index (κ1) is 17.9. The average molecular weight is 370 g/mol. The molecule has 0 saturated heterocycles. The molecule has 0 bridgehead atoms. The number of anilines is 2. The van der Waals surface area contributed by atoms with Gasteiger partial charge in [-0.1, -0.05) is 54.1 Å². The molecule has 0 aliphatic rings. The van der Waals surface area contributed by atoms with Gasteiger partial charge in [0.1, 0.15) is 5.58 Å². The number of nitrogens with one attached hydrogen (secondary N) is 2. The monoisotopic (exact) mass is 370 g/mol. The molecule has 0 aliphatic carbocycles. The zero-order valence-electron chi connectivity index (χ0n) is 16.0. The normalized spacial score (nSPS) is 10.8. The molecular weight excluding hydrogens is 348 g/mol. The van der Waals surface area contributed by atoms with Crippen molar-refractivity contribution in [2.75, 3.05) is 10.6 Å². The summed E-state index contributed by atoms with van der Waals surface area (Å²) < 4.78 is 5.90. The third-order valence-corrected chi connectivity index (χ3v) is 4.63. The lowest BCUT2D eigenvalue weighted by Gasteiger charge is -2.09. The summed E-state index contributed by atoms with van der Waals surface area (Å²) in [6.07, 6.45) is 0. The van der Waals surface area contributed by atoms with Gasteiger partial charge in [-0.05, 0) is 49.2 Å². The van der Waals surface area contributed by atoms with Crippen molar-refractivity contribution < 1.29 is 9.21 Å². The van der Waals surface area contributed by atoms with E-state index in [2.05, 4.69) is 35.8 Å². The number of hydrogen-bond acceptors (Lipinski definition) is 3. The third-order valence-electron chi connectivity index (χ3n) is 4.63. The molecule has 4 aromatic rings. The van der Waals surface area contributed by atoms with Gasteiger partial charge in [0, 0.05) is 17.6 Å². The third kappa shape index (κ3) is 3.76. The molecule has 0 spiro atoms. The van der Waals surface area contributed by atoms with Gasteiger partial charge < -0.3 is 15.1 Å². The van der Waals surface area contributed by atoms with Crippen LogP contribution in [0, 0.1) is 13.8 Å². The van der Waals surface area contributed by atoms with Gasteiger partial charge in [0.15, 0.2) is 0 Å². The molecule has 3 aromatic carbocycles. The Bertz CT molecular complexity index is 1140. The first-order valence-corrected chi connectivity index (χ1v) is 9.29. The van der Waals surface area contributed by atoms with Crippen LogP contribution < -0.4 is 10.6 Å². The van der Waals surface area contributed by atoms with Gasteiger partial charge in [0.2, 0.25) is 5.76 Å². The maximum atomic E-state index is 12.9. The maximum absolute atomic E-state index is 12.9. The van der Waals surface area contributed by atoms with Crippen LogP contribution in [0.25, 0.3) is 11.0 Å². The number of amides is 1. The van der Waals surface area contributed by atoms with Gasteiger partial charge in [0.25, 0.3) is 5.91 Å². The molecular formula is C24H22N2O2. The number of carbonyl (C=O) groups is 1. The highest BCUT2D eigenvalue weighted by molar-refractivity contribution is 6.11. The maximum Gasteiger partial charge on any atom is 0.293 e. The Morgan fingerprint density at radius 2 is 1.64 bits per heavy atom. The molecule has 0 aliphatic heterocycles. The van der Waals surface area contributed by atoms with Crippen molar-refractivity contribution in [3.05, 3.63) is 95.2 Å². The fourth-order valence-electron chi connectivity index (χ4n) is 3.30. The molecule has 28 heavy (non-hydrogen) atoms. The minimum absolute atomic E-state index is 0.270. The van der Waals surface area contributed by atoms with Crippen molar-refractivity contribution in [2.24, 2.45) is 0 Å². The number of hydrogen-bond donors (Lipinski definition) is 2. The molecule has 140 valence electrons. The van der Waals surface area contributed by atoms with Crippen LogP contribution in [0.3, 0.4) is 0 Å². The van der Waals surface area contributed by atoms with E-state index in [0.29, 0.717) is 17.8 Å². The second kappa shape index (κ2) is 7.61. The Kier molecular flexibility index (Phi) is 4.85. The zero-order chi connectivity index (χ0) is 19.5. The minimum Gasteiger partial charge on any atom is -0.449 e. The van der Waals surface area contributed by atoms with E-state index in [9.17, 15) is 4.79 Å². The van der Waals surface area contributed by atoms with Crippen LogP contribution in [0.4, 0.5) is 11.4 Å². The summed E-state index contributed by atoms with van der Waals surface area (Å²) in [4.78, 5) is 12.9. The van der Waals surface area contributed by atoms with Gasteiger partial charge in [0.05, 0.1) is 5.69 Å². The Labute approximate surface area is 164 Å². The molecule has 1 amide bonds. The van der Waals surface area contributed by atoms with Crippen LogP contribution in [0.1, 0.15) is 27.2 Å². The molecule has 1 heterocycles. The number of fused-ring (bicyclic) bond motifs is 1. The number of carbonyl (C=O) groups excluding carboxylic acids is 1. The Hall–Kier alpha value is -3.53. The second-order valence-corrected chi connectivity index (χ2v) is 6.97. The second-order valence-electron chi connectivity index (χ2n) is 6.97. The summed E-state index contributed by atoms with van der Waals surface area (Å²) in [5, 5.41) is 7.23. The highest BCUT2D eigenvalue weighted by atomic mass is 16.3. The van der Waals surface area contributed by atoms with Crippen molar-refractivity contribution >= 4 is 28.3 Å². The number of furan rings is 1. The summed E-state index contributed by atoms with van der Waals surface area (Å²) in [5.41, 5.74) is 5.57. The lowest BCUT2D eigenvalue weighted by molar-refractivity contribution is 0.0999. The molecule has 4 rings (SSSR count). The first-order valence-electron chi connectivity index (χ1n) is 9.29. The van der Waals surface area contributed by atoms with E-state index in [1.165, 1.54) is 5.56 Å². The number of para-hydroxylation sites is 1. The first-order chi connectivity index (χ1) is 13.6. The van der Waals surface area contributed by atoms with Gasteiger partial charge in [-0.15, -0.1) is 0 Å². The van der Waals surface area contributed by atoms with E-state index in [-0.39, 0.29) is 11.7 Å². The van der Waals surface area contributed by atoms with Gasteiger partial charge in [-0.2, -0.15) is 0 Å². The van der Waals surface area contributed by atoms with E-state index in [0.717, 1.165) is 22.2 Å². The van der Waals surface area contributed by atoms with E-state index in [1.54, 1.807) is 0 Å². The summed E-state index contributed by atoms with van der Waals surface area (Å²) in [5.74, 6) is 0.0175. The van der Waals surface area contributed by atoms with Crippen LogP contribution in [0.5, 0.6) is 0 Å². The largest absolute Gasteiger partial charge is 0.449 e. The lowest BCUT2D eigenvalue weighted by atomic mass is 10.1. The SMILES string of the molecule is Cc1cccc(CNc2c(C(=O)Nc3cccc(C)c3)oc3ccccc23)c1. The fraction of sp³-hybridized carbons (Fsp3) is 0.125. The van der Waals surface area contributed by atoms with Crippen molar-refractivity contribution in [1.82, 2.24) is 0 Å². The predicted molar refractivity (Wildman–Crippen MR) is 114 cm³/mol. The van der Waals surface area contributed by atoms with Crippen molar-refractivity contribution in [3.63, 3.8) is 0 Å². The summed E-state index contributed by atoms with van der Waals surface area (Å²) in [7, 11) is 0. The van der Waals surface area contributed by atoms with Crippen molar-refractivity contribution in [3.8, 4) is 0 Å². The summed E-state index contributed by atoms with van der Waals surface area (Å²) >= 11 is 0. The summed E-state index contributed by atoms with van der Waals surface area (Å²) in [6.45, 7) is 4.67. The molecule has 0 saturated carbocycles. The van der Waals surface area contributed by atoms with Crippen LogP contribution in [-0.4, -0.2) is 5.91 Å². The van der Waals surface area contributed by atoms with Gasteiger partial charge >= 0.3 is 0 Å². The predicted octanol–water partition coefficient (Wildman–Crippen LogP) is 5.91. The smallest absolute Gasteiger partial charge is 0.293 e. The minimum atomic E-state index is -0.270. The number of aryl methyl sites for hydroxylation is 2. The van der Waals surface area contributed by atoms with Crippen LogP contribution >= 0.6 is 0 Å². The number of benzene rings is 3. The molecule has 1 aromatic heterocycles. The molecule has 2 N–H and O–H groups in total. The lowest BCUT2D eigenvalue weighted by Crippen LogP contribution is -2.13. The van der Waals surface area contributed by atoms with E-state index >= 15 is 0 Å². The Balaban J connectivity index is 1.65. The zero-order valence-corrected chi connectivity index (χ0v) is 16.0. The fourth-order valence-corrected chi connectivity index (χ4v) is 3.30. The van der Waals surface area contributed by atoms with Crippen LogP contribution in [0.15, 0.2) is 77.2 Å². The summed E-state index contributed by atoms with van der Waals surface area (Å²) in [6, 6.07) is 23.7. The van der Waals surface area contributed by atoms with E-state index in [1.807, 2.05) is 61.5 Å². The highest BCUT2D eigenvalue weighted by Gasteiger charge is 2.20. The Morgan fingerprint density at radius 3 is 2.43 bits per heavy atom. The molecule has 4 heteroatoms. The molecule has 0 fully saturated rings. The average Bonchev–Trinajstić information content (AvgIpc) is 3.05. The van der Waals surface area contributed by atoms with Crippen LogP contribution in [0.2, 0.25) is 0 Å². The standard InChI is InChI=1S/C24H22N2O2/c1-16-7-5-9-18(13-16)15-25-22-20-11-3-4-12-21(20)28-23(22)24(27)26-19-10-6-8-17(2)14-19/h3-14,25H,15H2,1-2H3,(H,26,27). The van der Waals surface area contributed by atoms with Gasteiger partial charge in [-0.3, -0.25) is 4.79 Å². The molecule has 0 atom stereocenters. The molecule has 0 unspecified atom stereocenters. The molecule has 4 nitrogen and oxygen atoms in total. The molecule has 0 radical (unpaired) electrons. The number of rotatable bonds is 5. The van der Waals surface area contributed by atoms with Gasteiger partial charge in [-0.25, -0.2) is 0 Å². The Morgan fingerprint density at radius 1 is 0.893 bits per heavy atom. The van der Waals surface area contributed by atoms with E-state index in [4.69, 9.17) is 4.42 Å². The topological polar surface area (TPSA) is 54.3 Å².